The van der Waals surface area contributed by atoms with Crippen LogP contribution in [0.4, 0.5) is 5.82 Å². The van der Waals surface area contributed by atoms with Crippen molar-refractivity contribution in [1.82, 2.24) is 10.3 Å². The molecule has 1 aromatic rings. The van der Waals surface area contributed by atoms with Gasteiger partial charge in [-0.2, -0.15) is 0 Å². The quantitative estimate of drug-likeness (QED) is 0.881. The molecule has 3 nitrogen and oxygen atoms in total. The molecule has 0 aliphatic carbocycles. The average Bonchev–Trinajstić information content (AvgIpc) is 2.62. The Morgan fingerprint density at radius 1 is 1.35 bits per heavy atom. The highest BCUT2D eigenvalue weighted by atomic mass is 79.9. The van der Waals surface area contributed by atoms with Crippen molar-refractivity contribution >= 4 is 21.7 Å². The highest BCUT2D eigenvalue weighted by Crippen LogP contribution is 2.30. The van der Waals surface area contributed by atoms with E-state index < -0.39 is 0 Å². The van der Waals surface area contributed by atoms with Crippen molar-refractivity contribution < 1.29 is 0 Å². The number of aryl methyl sites for hydroxylation is 1. The molecule has 92 valence electrons. The summed E-state index contributed by atoms with van der Waals surface area (Å²) in [5.41, 5.74) is 1.19. The van der Waals surface area contributed by atoms with Crippen LogP contribution in [0.5, 0.6) is 0 Å². The van der Waals surface area contributed by atoms with Crippen molar-refractivity contribution in [3.05, 3.63) is 22.3 Å². The summed E-state index contributed by atoms with van der Waals surface area (Å²) in [5, 5.41) is 7.24. The van der Waals surface area contributed by atoms with Crippen molar-refractivity contribution in [3.63, 3.8) is 0 Å². The van der Waals surface area contributed by atoms with E-state index in [4.69, 9.17) is 0 Å². The molecule has 2 saturated heterocycles. The molecule has 1 aromatic heterocycles. The lowest BCUT2D eigenvalue weighted by molar-refractivity contribution is 0.377. The highest BCUT2D eigenvalue weighted by Gasteiger charge is 2.33. The summed E-state index contributed by atoms with van der Waals surface area (Å²) >= 11 is 3.58. The molecule has 0 amide bonds. The lowest BCUT2D eigenvalue weighted by Crippen LogP contribution is -2.43. The number of halogens is 1. The average molecular weight is 296 g/mol. The van der Waals surface area contributed by atoms with Gasteiger partial charge in [-0.25, -0.2) is 4.98 Å². The van der Waals surface area contributed by atoms with Crippen LogP contribution in [-0.4, -0.2) is 23.1 Å². The standard InChI is InChI=1S/C13H18BrN3/c1-8-4-12(14)13(15-7-8)17-11-5-9-2-3-10(6-11)16-9/h4,7,9-11,16H,2-3,5-6H2,1H3,(H,15,17). The molecule has 3 rings (SSSR count). The van der Waals surface area contributed by atoms with E-state index in [2.05, 4.69) is 44.5 Å². The number of aromatic nitrogens is 1. The van der Waals surface area contributed by atoms with Gasteiger partial charge in [0.25, 0.3) is 0 Å². The zero-order chi connectivity index (χ0) is 11.8. The van der Waals surface area contributed by atoms with E-state index in [1.807, 2.05) is 6.20 Å². The van der Waals surface area contributed by atoms with Crippen LogP contribution in [-0.2, 0) is 0 Å². The molecule has 3 heterocycles. The van der Waals surface area contributed by atoms with E-state index in [1.165, 1.54) is 31.2 Å². The SMILES string of the molecule is Cc1cnc(NC2CC3CCC(C2)N3)c(Br)c1. The first kappa shape index (κ1) is 11.5. The maximum atomic E-state index is 4.46. The van der Waals surface area contributed by atoms with Gasteiger partial charge in [-0.05, 0) is 60.2 Å². The predicted molar refractivity (Wildman–Crippen MR) is 73.3 cm³/mol. The molecule has 2 aliphatic rings. The number of nitrogens with one attached hydrogen (secondary N) is 2. The Labute approximate surface area is 111 Å². The molecule has 0 saturated carbocycles. The van der Waals surface area contributed by atoms with Crippen LogP contribution in [0, 0.1) is 6.92 Å². The zero-order valence-electron chi connectivity index (χ0n) is 10.0. The lowest BCUT2D eigenvalue weighted by atomic mass is 10.00. The largest absolute Gasteiger partial charge is 0.366 e. The molecule has 0 spiro atoms. The summed E-state index contributed by atoms with van der Waals surface area (Å²) in [5.74, 6) is 0.988. The Morgan fingerprint density at radius 3 is 2.71 bits per heavy atom. The second-order valence-corrected chi connectivity index (χ2v) is 6.15. The second kappa shape index (κ2) is 4.58. The molecule has 2 unspecified atom stereocenters. The number of fused-ring (bicyclic) bond motifs is 2. The van der Waals surface area contributed by atoms with Crippen molar-refractivity contribution in [2.75, 3.05) is 5.32 Å². The molecular formula is C13H18BrN3. The predicted octanol–water partition coefficient (Wildman–Crippen LogP) is 2.85. The molecule has 4 heteroatoms. The fourth-order valence-electron chi connectivity index (χ4n) is 3.01. The van der Waals surface area contributed by atoms with Gasteiger partial charge in [-0.1, -0.05) is 0 Å². The number of piperidine rings is 1. The summed E-state index contributed by atoms with van der Waals surface area (Å²) in [6.07, 6.45) is 7.04. The molecule has 2 aliphatic heterocycles. The van der Waals surface area contributed by atoms with Crippen molar-refractivity contribution in [3.8, 4) is 0 Å². The van der Waals surface area contributed by atoms with E-state index in [9.17, 15) is 0 Å². The third kappa shape index (κ3) is 2.47. The fraction of sp³-hybridized carbons (Fsp3) is 0.615. The molecule has 0 aromatic carbocycles. The Kier molecular flexibility index (Phi) is 3.09. The van der Waals surface area contributed by atoms with Crippen molar-refractivity contribution in [2.45, 2.75) is 50.7 Å². The zero-order valence-corrected chi connectivity index (χ0v) is 11.6. The van der Waals surface area contributed by atoms with Crippen LogP contribution in [0.3, 0.4) is 0 Å². The monoisotopic (exact) mass is 295 g/mol. The van der Waals surface area contributed by atoms with Gasteiger partial charge in [0.1, 0.15) is 5.82 Å². The number of rotatable bonds is 2. The van der Waals surface area contributed by atoms with Crippen LogP contribution in [0.25, 0.3) is 0 Å². The summed E-state index contributed by atoms with van der Waals surface area (Å²) in [7, 11) is 0. The number of pyridine rings is 1. The third-order valence-corrected chi connectivity index (χ3v) is 4.40. The molecule has 2 atom stereocenters. The van der Waals surface area contributed by atoms with E-state index in [-0.39, 0.29) is 0 Å². The highest BCUT2D eigenvalue weighted by molar-refractivity contribution is 9.10. The van der Waals surface area contributed by atoms with Gasteiger partial charge >= 0.3 is 0 Å². The Morgan fingerprint density at radius 2 is 2.06 bits per heavy atom. The lowest BCUT2D eigenvalue weighted by Gasteiger charge is -2.30. The van der Waals surface area contributed by atoms with Crippen molar-refractivity contribution in [2.24, 2.45) is 0 Å². The van der Waals surface area contributed by atoms with Crippen LogP contribution in [0.15, 0.2) is 16.7 Å². The molecule has 2 bridgehead atoms. The van der Waals surface area contributed by atoms with Crippen molar-refractivity contribution in [1.29, 1.82) is 0 Å². The minimum atomic E-state index is 0.570. The van der Waals surface area contributed by atoms with E-state index in [1.54, 1.807) is 0 Å². The van der Waals surface area contributed by atoms with E-state index in [0.29, 0.717) is 6.04 Å². The van der Waals surface area contributed by atoms with E-state index >= 15 is 0 Å². The van der Waals surface area contributed by atoms with Gasteiger partial charge in [-0.3, -0.25) is 0 Å². The second-order valence-electron chi connectivity index (χ2n) is 5.29. The summed E-state index contributed by atoms with van der Waals surface area (Å²) in [6.45, 7) is 2.06. The van der Waals surface area contributed by atoms with Gasteiger partial charge < -0.3 is 10.6 Å². The minimum Gasteiger partial charge on any atom is -0.366 e. The summed E-state index contributed by atoms with van der Waals surface area (Å²) < 4.78 is 1.07. The van der Waals surface area contributed by atoms with Gasteiger partial charge in [0, 0.05) is 24.3 Å². The normalized spacial score (nSPS) is 31.5. The first-order valence-corrected chi connectivity index (χ1v) is 7.15. The van der Waals surface area contributed by atoms with Gasteiger partial charge in [0.05, 0.1) is 4.47 Å². The third-order valence-electron chi connectivity index (χ3n) is 3.79. The molecule has 0 radical (unpaired) electrons. The Hall–Kier alpha value is -0.610. The molecule has 2 fully saturated rings. The first-order valence-electron chi connectivity index (χ1n) is 6.35. The van der Waals surface area contributed by atoms with Crippen LogP contribution >= 0.6 is 15.9 Å². The topological polar surface area (TPSA) is 37.0 Å². The minimum absolute atomic E-state index is 0.570. The Balaban J connectivity index is 1.70. The van der Waals surface area contributed by atoms with Gasteiger partial charge in [-0.15, -0.1) is 0 Å². The van der Waals surface area contributed by atoms with Crippen LogP contribution in [0.2, 0.25) is 0 Å². The maximum Gasteiger partial charge on any atom is 0.140 e. The summed E-state index contributed by atoms with van der Waals surface area (Å²) in [6, 6.07) is 4.12. The number of nitrogens with zero attached hydrogens (tertiary/aromatic N) is 1. The maximum absolute atomic E-state index is 4.46. The number of hydrogen-bond acceptors (Lipinski definition) is 3. The first-order chi connectivity index (χ1) is 8.20. The van der Waals surface area contributed by atoms with Gasteiger partial charge in [0.2, 0.25) is 0 Å². The molecule has 17 heavy (non-hydrogen) atoms. The van der Waals surface area contributed by atoms with Crippen LogP contribution < -0.4 is 10.6 Å². The fourth-order valence-corrected chi connectivity index (χ4v) is 3.59. The number of hydrogen-bond donors (Lipinski definition) is 2. The Bertz CT molecular complexity index is 409. The smallest absolute Gasteiger partial charge is 0.140 e. The number of anilines is 1. The molecule has 2 N–H and O–H groups in total. The van der Waals surface area contributed by atoms with E-state index in [0.717, 1.165) is 22.4 Å². The summed E-state index contributed by atoms with van der Waals surface area (Å²) in [4.78, 5) is 4.46. The van der Waals surface area contributed by atoms with Crippen LogP contribution in [0.1, 0.15) is 31.2 Å². The van der Waals surface area contributed by atoms with Gasteiger partial charge in [0.15, 0.2) is 0 Å². The molecular weight excluding hydrogens is 278 g/mol.